The van der Waals surface area contributed by atoms with Gasteiger partial charge in [0.1, 0.15) is 5.75 Å². The van der Waals surface area contributed by atoms with E-state index in [1.54, 1.807) is 7.11 Å². The summed E-state index contributed by atoms with van der Waals surface area (Å²) in [5.74, 6) is 0.867. The first-order chi connectivity index (χ1) is 10.8. The molecule has 0 spiro atoms. The highest BCUT2D eigenvalue weighted by Gasteiger charge is 2.10. The van der Waals surface area contributed by atoms with Gasteiger partial charge in [0, 0.05) is 31.0 Å². The third-order valence-corrected chi connectivity index (χ3v) is 3.84. The van der Waals surface area contributed by atoms with Crippen molar-refractivity contribution < 1.29 is 9.47 Å². The Kier molecular flexibility index (Phi) is 4.93. The number of benzene rings is 2. The van der Waals surface area contributed by atoms with E-state index < -0.39 is 0 Å². The zero-order chi connectivity index (χ0) is 15.2. The highest BCUT2D eigenvalue weighted by Crippen LogP contribution is 2.20. The van der Waals surface area contributed by atoms with Crippen molar-refractivity contribution in [3.8, 4) is 5.75 Å². The monoisotopic (exact) mass is 298 g/mol. The number of hydrogen-bond acceptors (Lipinski definition) is 4. The minimum absolute atomic E-state index is 0.844. The van der Waals surface area contributed by atoms with E-state index in [9.17, 15) is 0 Å². The van der Waals surface area contributed by atoms with Crippen LogP contribution in [-0.2, 0) is 11.3 Å². The normalized spacial score (nSPS) is 15.5. The first kappa shape index (κ1) is 14.9. The fourth-order valence-corrected chi connectivity index (χ4v) is 2.55. The fraction of sp³-hybridized carbons (Fsp3) is 0.333. The van der Waals surface area contributed by atoms with Gasteiger partial charge in [-0.2, -0.15) is 0 Å². The molecule has 0 saturated carbocycles. The predicted molar refractivity (Wildman–Crippen MR) is 88.8 cm³/mol. The van der Waals surface area contributed by atoms with Crippen LogP contribution in [0.5, 0.6) is 5.75 Å². The highest BCUT2D eigenvalue weighted by atomic mass is 16.5. The van der Waals surface area contributed by atoms with E-state index in [0.29, 0.717) is 0 Å². The second-order valence-electron chi connectivity index (χ2n) is 5.44. The van der Waals surface area contributed by atoms with E-state index in [-0.39, 0.29) is 0 Å². The van der Waals surface area contributed by atoms with Crippen LogP contribution in [0, 0.1) is 0 Å². The lowest BCUT2D eigenvalue weighted by atomic mass is 10.2. The average Bonchev–Trinajstić information content (AvgIpc) is 2.58. The van der Waals surface area contributed by atoms with Crippen LogP contribution in [0.15, 0.2) is 48.5 Å². The number of hydrogen-bond donors (Lipinski definition) is 1. The van der Waals surface area contributed by atoms with E-state index in [2.05, 4.69) is 34.5 Å². The molecule has 116 valence electrons. The van der Waals surface area contributed by atoms with Crippen molar-refractivity contribution in [1.29, 1.82) is 0 Å². The third kappa shape index (κ3) is 4.00. The van der Waals surface area contributed by atoms with Gasteiger partial charge in [-0.15, -0.1) is 0 Å². The molecule has 2 aromatic rings. The van der Waals surface area contributed by atoms with E-state index in [4.69, 9.17) is 9.47 Å². The Morgan fingerprint density at radius 1 is 0.955 bits per heavy atom. The summed E-state index contributed by atoms with van der Waals surface area (Å²) in [5.41, 5.74) is 3.49. The number of nitrogens with zero attached hydrogens (tertiary/aromatic N) is 1. The van der Waals surface area contributed by atoms with Crippen LogP contribution in [0.25, 0.3) is 0 Å². The Bertz CT molecular complexity index is 575. The number of anilines is 2. The SMILES string of the molecule is COc1ccc(Nc2ccc(CN3CCOCC3)cc2)cc1. The van der Waals surface area contributed by atoms with Gasteiger partial charge in [-0.1, -0.05) is 12.1 Å². The smallest absolute Gasteiger partial charge is 0.119 e. The number of methoxy groups -OCH3 is 1. The molecule has 0 atom stereocenters. The summed E-state index contributed by atoms with van der Waals surface area (Å²) in [7, 11) is 1.68. The van der Waals surface area contributed by atoms with Crippen molar-refractivity contribution in [2.24, 2.45) is 0 Å². The molecule has 0 aromatic heterocycles. The van der Waals surface area contributed by atoms with E-state index in [1.165, 1.54) is 5.56 Å². The molecule has 0 radical (unpaired) electrons. The van der Waals surface area contributed by atoms with Crippen LogP contribution < -0.4 is 10.1 Å². The van der Waals surface area contributed by atoms with Crippen molar-refractivity contribution in [2.75, 3.05) is 38.7 Å². The van der Waals surface area contributed by atoms with Crippen LogP contribution in [0.4, 0.5) is 11.4 Å². The summed E-state index contributed by atoms with van der Waals surface area (Å²) in [6.45, 7) is 4.72. The molecule has 4 heteroatoms. The minimum Gasteiger partial charge on any atom is -0.497 e. The lowest BCUT2D eigenvalue weighted by molar-refractivity contribution is 0.0342. The van der Waals surface area contributed by atoms with Gasteiger partial charge in [0.15, 0.2) is 0 Å². The Labute approximate surface area is 131 Å². The first-order valence-corrected chi connectivity index (χ1v) is 7.63. The largest absolute Gasteiger partial charge is 0.497 e. The molecule has 1 N–H and O–H groups in total. The third-order valence-electron chi connectivity index (χ3n) is 3.84. The molecular weight excluding hydrogens is 276 g/mol. The average molecular weight is 298 g/mol. The Hall–Kier alpha value is -2.04. The molecule has 3 rings (SSSR count). The van der Waals surface area contributed by atoms with Gasteiger partial charge < -0.3 is 14.8 Å². The summed E-state index contributed by atoms with van der Waals surface area (Å²) >= 11 is 0. The van der Waals surface area contributed by atoms with Crippen LogP contribution in [-0.4, -0.2) is 38.3 Å². The maximum atomic E-state index is 5.38. The van der Waals surface area contributed by atoms with Crippen LogP contribution >= 0.6 is 0 Å². The molecule has 1 aliphatic heterocycles. The molecule has 0 aliphatic carbocycles. The molecule has 4 nitrogen and oxygen atoms in total. The maximum absolute atomic E-state index is 5.38. The number of nitrogens with one attached hydrogen (secondary N) is 1. The predicted octanol–water partition coefficient (Wildman–Crippen LogP) is 3.27. The van der Waals surface area contributed by atoms with Gasteiger partial charge >= 0.3 is 0 Å². The summed E-state index contributed by atoms with van der Waals surface area (Å²) in [6, 6.07) is 16.5. The molecule has 0 unspecified atom stereocenters. The number of ether oxygens (including phenoxy) is 2. The van der Waals surface area contributed by atoms with Gasteiger partial charge in [-0.3, -0.25) is 4.90 Å². The van der Waals surface area contributed by atoms with E-state index in [0.717, 1.165) is 50.0 Å². The zero-order valence-electron chi connectivity index (χ0n) is 12.9. The fourth-order valence-electron chi connectivity index (χ4n) is 2.55. The molecule has 0 amide bonds. The Balaban J connectivity index is 1.58. The quantitative estimate of drug-likeness (QED) is 0.918. The van der Waals surface area contributed by atoms with Gasteiger partial charge in [0.2, 0.25) is 0 Å². The molecule has 1 heterocycles. The van der Waals surface area contributed by atoms with Crippen LogP contribution in [0.3, 0.4) is 0 Å². The standard InChI is InChI=1S/C18H22N2O2/c1-21-18-8-6-17(7-9-18)19-16-4-2-15(3-5-16)14-20-10-12-22-13-11-20/h2-9,19H,10-14H2,1H3. The topological polar surface area (TPSA) is 33.7 Å². The summed E-state index contributed by atoms with van der Waals surface area (Å²) in [5, 5.41) is 3.40. The van der Waals surface area contributed by atoms with Crippen molar-refractivity contribution in [3.63, 3.8) is 0 Å². The molecule has 2 aromatic carbocycles. The maximum Gasteiger partial charge on any atom is 0.119 e. The van der Waals surface area contributed by atoms with Crippen LogP contribution in [0.1, 0.15) is 5.56 Å². The molecular formula is C18H22N2O2. The van der Waals surface area contributed by atoms with E-state index in [1.807, 2.05) is 24.3 Å². The van der Waals surface area contributed by atoms with Crippen molar-refractivity contribution >= 4 is 11.4 Å². The van der Waals surface area contributed by atoms with Gasteiger partial charge in [0.25, 0.3) is 0 Å². The summed E-state index contributed by atoms with van der Waals surface area (Å²) in [6.07, 6.45) is 0. The van der Waals surface area contributed by atoms with Crippen molar-refractivity contribution in [2.45, 2.75) is 6.54 Å². The molecule has 0 bridgehead atoms. The lowest BCUT2D eigenvalue weighted by Crippen LogP contribution is -2.35. The lowest BCUT2D eigenvalue weighted by Gasteiger charge is -2.26. The molecule has 22 heavy (non-hydrogen) atoms. The second kappa shape index (κ2) is 7.29. The van der Waals surface area contributed by atoms with E-state index >= 15 is 0 Å². The van der Waals surface area contributed by atoms with Gasteiger partial charge in [-0.25, -0.2) is 0 Å². The Morgan fingerprint density at radius 2 is 1.55 bits per heavy atom. The van der Waals surface area contributed by atoms with Crippen molar-refractivity contribution in [1.82, 2.24) is 4.90 Å². The number of morpholine rings is 1. The first-order valence-electron chi connectivity index (χ1n) is 7.63. The summed E-state index contributed by atoms with van der Waals surface area (Å²) in [4.78, 5) is 2.43. The zero-order valence-corrected chi connectivity index (χ0v) is 12.9. The second-order valence-corrected chi connectivity index (χ2v) is 5.44. The summed E-state index contributed by atoms with van der Waals surface area (Å²) < 4.78 is 10.5. The number of rotatable bonds is 5. The van der Waals surface area contributed by atoms with Crippen molar-refractivity contribution in [3.05, 3.63) is 54.1 Å². The molecule has 1 fully saturated rings. The molecule has 1 saturated heterocycles. The van der Waals surface area contributed by atoms with Gasteiger partial charge in [-0.05, 0) is 42.0 Å². The highest BCUT2D eigenvalue weighted by molar-refractivity contribution is 5.60. The minimum atomic E-state index is 0.844. The molecule has 1 aliphatic rings. The van der Waals surface area contributed by atoms with Crippen LogP contribution in [0.2, 0.25) is 0 Å². The Morgan fingerprint density at radius 3 is 2.14 bits per heavy atom. The van der Waals surface area contributed by atoms with Gasteiger partial charge in [0.05, 0.1) is 20.3 Å².